The van der Waals surface area contributed by atoms with Gasteiger partial charge in [0.15, 0.2) is 0 Å². The lowest BCUT2D eigenvalue weighted by Gasteiger charge is -2.21. The van der Waals surface area contributed by atoms with E-state index in [0.29, 0.717) is 16.9 Å². The third-order valence-electron chi connectivity index (χ3n) is 4.34. The van der Waals surface area contributed by atoms with Crippen molar-refractivity contribution in [2.24, 2.45) is 0 Å². The first-order valence-electron chi connectivity index (χ1n) is 8.93. The van der Waals surface area contributed by atoms with Gasteiger partial charge in [0.1, 0.15) is 5.54 Å². The van der Waals surface area contributed by atoms with Crippen LogP contribution in [0, 0.1) is 0 Å². The van der Waals surface area contributed by atoms with Crippen LogP contribution in [0.5, 0.6) is 0 Å². The largest absolute Gasteiger partial charge is 0.325 e. The summed E-state index contributed by atoms with van der Waals surface area (Å²) in [4.78, 5) is 47.7. The van der Waals surface area contributed by atoms with Crippen LogP contribution in [0.2, 0.25) is 0 Å². The Kier molecular flexibility index (Phi) is 6.78. The number of carbonyl (C=O) groups is 4. The van der Waals surface area contributed by atoms with Crippen LogP contribution in [-0.2, 0) is 19.9 Å². The minimum Gasteiger partial charge on any atom is -0.325 e. The zero-order valence-electron chi connectivity index (χ0n) is 16.0. The molecular weight excluding hydrogens is 472 g/mol. The number of benzene rings is 2. The van der Waals surface area contributed by atoms with Crippen LogP contribution in [0.1, 0.15) is 12.5 Å². The summed E-state index contributed by atoms with van der Waals surface area (Å²) in [5.74, 6) is -0.723. The second kappa shape index (κ2) is 9.31. The van der Waals surface area contributed by atoms with Crippen molar-refractivity contribution in [2.45, 2.75) is 12.5 Å². The third-order valence-corrected chi connectivity index (χ3v) is 5.77. The van der Waals surface area contributed by atoms with Crippen molar-refractivity contribution in [1.82, 2.24) is 10.6 Å². The van der Waals surface area contributed by atoms with Crippen molar-refractivity contribution in [2.75, 3.05) is 22.1 Å². The van der Waals surface area contributed by atoms with E-state index < -0.39 is 17.5 Å². The summed E-state index contributed by atoms with van der Waals surface area (Å²) in [5.41, 5.74) is 0.515. The first kappa shape index (κ1) is 21.8. The maximum atomic E-state index is 12.2. The fraction of sp³-hybridized carbons (Fsp3) is 0.200. The molecule has 10 heteroatoms. The molecule has 1 unspecified atom stereocenters. The first-order chi connectivity index (χ1) is 14.3. The molecule has 0 radical (unpaired) electrons. The van der Waals surface area contributed by atoms with Crippen LogP contribution < -0.4 is 21.3 Å². The standard InChI is InChI=1S/C20H19BrN4O4S/c1-20(18(28)24-19(29)25-20)12-4-2-6-14(8-12)22-16(26)10-30-11-17(27)23-15-7-3-5-13(21)9-15/h2-9H,10-11H2,1H3,(H,22,26)(H,23,27)(H2,24,25,28,29). The molecule has 0 aliphatic carbocycles. The molecule has 2 aromatic carbocycles. The van der Waals surface area contributed by atoms with Gasteiger partial charge in [0, 0.05) is 15.8 Å². The Hall–Kier alpha value is -2.85. The van der Waals surface area contributed by atoms with Gasteiger partial charge in [0.05, 0.1) is 11.5 Å². The molecule has 0 aromatic heterocycles. The summed E-state index contributed by atoms with van der Waals surface area (Å²) in [6.07, 6.45) is 0. The number of thioether (sulfide) groups is 1. The Morgan fingerprint density at radius 2 is 1.60 bits per heavy atom. The van der Waals surface area contributed by atoms with Crippen LogP contribution in [0.25, 0.3) is 0 Å². The van der Waals surface area contributed by atoms with E-state index in [1.165, 1.54) is 11.8 Å². The van der Waals surface area contributed by atoms with Gasteiger partial charge in [-0.05, 0) is 42.8 Å². The van der Waals surface area contributed by atoms with Gasteiger partial charge in [-0.1, -0.05) is 34.1 Å². The fourth-order valence-electron chi connectivity index (χ4n) is 2.85. The normalized spacial score (nSPS) is 17.8. The van der Waals surface area contributed by atoms with Crippen molar-refractivity contribution in [3.05, 3.63) is 58.6 Å². The summed E-state index contributed by atoms with van der Waals surface area (Å²) in [6.45, 7) is 1.59. The summed E-state index contributed by atoms with van der Waals surface area (Å²) >= 11 is 4.52. The van der Waals surface area contributed by atoms with E-state index in [0.717, 1.165) is 4.47 Å². The average Bonchev–Trinajstić information content (AvgIpc) is 2.94. The highest BCUT2D eigenvalue weighted by atomic mass is 79.9. The fourth-order valence-corrected chi connectivity index (χ4v) is 3.87. The van der Waals surface area contributed by atoms with Crippen molar-refractivity contribution < 1.29 is 19.2 Å². The average molecular weight is 491 g/mol. The van der Waals surface area contributed by atoms with Gasteiger partial charge in [-0.25, -0.2) is 4.79 Å². The molecule has 0 bridgehead atoms. The number of urea groups is 1. The number of hydrogen-bond donors (Lipinski definition) is 4. The summed E-state index contributed by atoms with van der Waals surface area (Å²) in [5, 5.41) is 10.3. The number of halogens is 1. The lowest BCUT2D eigenvalue weighted by molar-refractivity contribution is -0.123. The number of carbonyl (C=O) groups excluding carboxylic acids is 4. The molecular formula is C20H19BrN4O4S. The van der Waals surface area contributed by atoms with Gasteiger partial charge >= 0.3 is 6.03 Å². The molecule has 4 N–H and O–H groups in total. The Bertz CT molecular complexity index is 1020. The number of nitrogens with one attached hydrogen (secondary N) is 4. The molecule has 3 rings (SSSR count). The van der Waals surface area contributed by atoms with Gasteiger partial charge in [-0.3, -0.25) is 19.7 Å². The van der Waals surface area contributed by atoms with Crippen LogP contribution >= 0.6 is 27.7 Å². The third kappa shape index (κ3) is 5.39. The summed E-state index contributed by atoms with van der Waals surface area (Å²) < 4.78 is 0.859. The van der Waals surface area contributed by atoms with E-state index in [2.05, 4.69) is 37.2 Å². The van der Waals surface area contributed by atoms with Gasteiger partial charge in [0.25, 0.3) is 5.91 Å². The predicted octanol–water partition coefficient (Wildman–Crippen LogP) is 2.81. The van der Waals surface area contributed by atoms with Gasteiger partial charge < -0.3 is 16.0 Å². The van der Waals surface area contributed by atoms with Gasteiger partial charge in [0.2, 0.25) is 11.8 Å². The zero-order valence-corrected chi connectivity index (χ0v) is 18.4. The van der Waals surface area contributed by atoms with Crippen molar-refractivity contribution in [1.29, 1.82) is 0 Å². The lowest BCUT2D eigenvalue weighted by atomic mass is 9.92. The SMILES string of the molecule is CC1(c2cccc(NC(=O)CSCC(=O)Nc3cccc(Br)c3)c2)NC(=O)NC1=O. The zero-order chi connectivity index (χ0) is 21.7. The van der Waals surface area contributed by atoms with E-state index in [4.69, 9.17) is 0 Å². The smallest absolute Gasteiger partial charge is 0.322 e. The summed E-state index contributed by atoms with van der Waals surface area (Å²) in [7, 11) is 0. The number of anilines is 2. The molecule has 30 heavy (non-hydrogen) atoms. The molecule has 0 saturated carbocycles. The van der Waals surface area contributed by atoms with Crippen molar-refractivity contribution in [3.63, 3.8) is 0 Å². The quantitative estimate of drug-likeness (QED) is 0.445. The number of imide groups is 1. The van der Waals surface area contributed by atoms with Gasteiger partial charge in [-0.15, -0.1) is 11.8 Å². The Balaban J connectivity index is 1.50. The highest BCUT2D eigenvalue weighted by Gasteiger charge is 2.43. The molecule has 2 aromatic rings. The number of amides is 5. The Morgan fingerprint density at radius 3 is 2.17 bits per heavy atom. The van der Waals surface area contributed by atoms with E-state index in [1.54, 1.807) is 43.3 Å². The molecule has 1 aliphatic rings. The lowest BCUT2D eigenvalue weighted by Crippen LogP contribution is -2.40. The molecule has 1 aliphatic heterocycles. The molecule has 1 heterocycles. The molecule has 1 saturated heterocycles. The topological polar surface area (TPSA) is 116 Å². The molecule has 156 valence electrons. The maximum absolute atomic E-state index is 12.2. The minimum absolute atomic E-state index is 0.0879. The van der Waals surface area contributed by atoms with Crippen molar-refractivity contribution >= 4 is 62.8 Å². The molecule has 0 spiro atoms. The highest BCUT2D eigenvalue weighted by molar-refractivity contribution is 9.10. The summed E-state index contributed by atoms with van der Waals surface area (Å²) in [6, 6.07) is 13.4. The van der Waals surface area contributed by atoms with E-state index in [1.807, 2.05) is 12.1 Å². The van der Waals surface area contributed by atoms with Crippen LogP contribution in [-0.4, -0.2) is 35.3 Å². The number of hydrogen-bond acceptors (Lipinski definition) is 5. The predicted molar refractivity (Wildman–Crippen MR) is 119 cm³/mol. The van der Waals surface area contributed by atoms with Crippen LogP contribution in [0.4, 0.5) is 16.2 Å². The second-order valence-corrected chi connectivity index (χ2v) is 8.61. The number of rotatable bonds is 7. The Morgan fingerprint density at radius 1 is 1.00 bits per heavy atom. The Labute approximate surface area is 185 Å². The minimum atomic E-state index is -1.20. The van der Waals surface area contributed by atoms with Crippen molar-refractivity contribution in [3.8, 4) is 0 Å². The van der Waals surface area contributed by atoms with E-state index in [-0.39, 0.29) is 23.3 Å². The monoisotopic (exact) mass is 490 g/mol. The van der Waals surface area contributed by atoms with Crippen LogP contribution in [0.3, 0.4) is 0 Å². The molecule has 8 nitrogen and oxygen atoms in total. The van der Waals surface area contributed by atoms with E-state index in [9.17, 15) is 19.2 Å². The second-order valence-electron chi connectivity index (χ2n) is 6.71. The maximum Gasteiger partial charge on any atom is 0.322 e. The molecule has 5 amide bonds. The van der Waals surface area contributed by atoms with Crippen LogP contribution in [0.15, 0.2) is 53.0 Å². The van der Waals surface area contributed by atoms with Gasteiger partial charge in [-0.2, -0.15) is 0 Å². The molecule has 1 atom stereocenters. The molecule has 1 fully saturated rings. The van der Waals surface area contributed by atoms with E-state index >= 15 is 0 Å². The highest BCUT2D eigenvalue weighted by Crippen LogP contribution is 2.26. The first-order valence-corrected chi connectivity index (χ1v) is 10.9.